The van der Waals surface area contributed by atoms with Crippen LogP contribution in [-0.4, -0.2) is 13.2 Å². The van der Waals surface area contributed by atoms with E-state index < -0.39 is 0 Å². The minimum atomic E-state index is -0.0989. The molecule has 1 N–H and O–H groups in total. The van der Waals surface area contributed by atoms with Crippen LogP contribution >= 0.6 is 12.4 Å². The van der Waals surface area contributed by atoms with Crippen molar-refractivity contribution in [1.29, 1.82) is 0 Å². The van der Waals surface area contributed by atoms with Gasteiger partial charge in [0.25, 0.3) is 0 Å². The van der Waals surface area contributed by atoms with Crippen molar-refractivity contribution in [2.24, 2.45) is 0 Å². The van der Waals surface area contributed by atoms with Crippen LogP contribution < -0.4 is 10.1 Å². The lowest BCUT2D eigenvalue weighted by molar-refractivity contribution is 0.320. The number of fused-ring (bicyclic) bond motifs is 1. The molecule has 0 amide bonds. The first-order valence-corrected chi connectivity index (χ1v) is 5.51. The Hall–Kier alpha value is -0.800. The van der Waals surface area contributed by atoms with Crippen LogP contribution in [-0.2, 0) is 6.54 Å². The van der Waals surface area contributed by atoms with E-state index in [1.165, 1.54) is 0 Å². The highest BCUT2D eigenvalue weighted by Gasteiger charge is 2.31. The maximum Gasteiger partial charge on any atom is 0.130 e. The van der Waals surface area contributed by atoms with E-state index in [0.29, 0.717) is 12.5 Å². The summed E-state index contributed by atoms with van der Waals surface area (Å²) >= 11 is 0. The van der Waals surface area contributed by atoms with E-state index in [4.69, 9.17) is 4.74 Å². The van der Waals surface area contributed by atoms with Crippen molar-refractivity contribution in [3.8, 4) is 5.75 Å². The number of hydrogen-bond donors (Lipinski definition) is 1. The van der Waals surface area contributed by atoms with Crippen LogP contribution in [0.15, 0.2) is 12.1 Å². The van der Waals surface area contributed by atoms with E-state index in [1.807, 2.05) is 6.07 Å². The van der Waals surface area contributed by atoms with E-state index in [9.17, 15) is 4.39 Å². The average Bonchev–Trinajstić information content (AvgIpc) is 3.02. The number of nitrogens with one attached hydrogen (secondary N) is 1. The summed E-state index contributed by atoms with van der Waals surface area (Å²) < 4.78 is 19.4. The predicted octanol–water partition coefficient (Wildman–Crippen LogP) is 2.61. The van der Waals surface area contributed by atoms with Gasteiger partial charge >= 0.3 is 0 Å². The molecule has 0 saturated heterocycles. The Balaban J connectivity index is 0.000000963. The van der Waals surface area contributed by atoms with Crippen molar-refractivity contribution in [3.05, 3.63) is 29.1 Å². The summed E-state index contributed by atoms with van der Waals surface area (Å²) in [5.41, 5.74) is 1.91. The van der Waals surface area contributed by atoms with Gasteiger partial charge in [-0.05, 0) is 24.8 Å². The van der Waals surface area contributed by atoms with Gasteiger partial charge in [0.1, 0.15) is 18.2 Å². The van der Waals surface area contributed by atoms with Gasteiger partial charge in [0, 0.05) is 24.2 Å². The molecule has 0 bridgehead atoms. The first kappa shape index (κ1) is 11.7. The van der Waals surface area contributed by atoms with Gasteiger partial charge in [-0.1, -0.05) is 6.07 Å². The summed E-state index contributed by atoms with van der Waals surface area (Å²) in [4.78, 5) is 0. The Morgan fingerprint density at radius 3 is 2.88 bits per heavy atom. The van der Waals surface area contributed by atoms with Gasteiger partial charge in [-0.3, -0.25) is 0 Å². The van der Waals surface area contributed by atoms with Gasteiger partial charge in [-0.25, -0.2) is 4.39 Å². The molecule has 4 heteroatoms. The Kier molecular flexibility index (Phi) is 3.36. The fraction of sp³-hybridized carbons (Fsp3) is 0.500. The SMILES string of the molecule is Cl.Fc1ccc2c(c1C1CC1)OCCNC2. The second kappa shape index (κ2) is 4.60. The second-order valence-corrected chi connectivity index (χ2v) is 4.25. The van der Waals surface area contributed by atoms with Crippen molar-refractivity contribution in [2.45, 2.75) is 25.3 Å². The lowest BCUT2D eigenvalue weighted by atomic mass is 10.0. The van der Waals surface area contributed by atoms with Gasteiger partial charge in [0.05, 0.1) is 0 Å². The maximum atomic E-state index is 13.7. The van der Waals surface area contributed by atoms with Crippen LogP contribution in [0, 0.1) is 5.82 Å². The molecule has 1 heterocycles. The Morgan fingerprint density at radius 1 is 1.31 bits per heavy atom. The van der Waals surface area contributed by atoms with Crippen LogP contribution in [0.3, 0.4) is 0 Å². The van der Waals surface area contributed by atoms with E-state index in [2.05, 4.69) is 5.32 Å². The van der Waals surface area contributed by atoms with Gasteiger partial charge in [0.15, 0.2) is 0 Å². The molecule has 1 aliphatic carbocycles. The van der Waals surface area contributed by atoms with Gasteiger partial charge < -0.3 is 10.1 Å². The molecule has 0 unspecified atom stereocenters. The molecule has 1 aromatic carbocycles. The first-order valence-electron chi connectivity index (χ1n) is 5.51. The van der Waals surface area contributed by atoms with E-state index >= 15 is 0 Å². The highest BCUT2D eigenvalue weighted by atomic mass is 35.5. The minimum Gasteiger partial charge on any atom is -0.492 e. The van der Waals surface area contributed by atoms with Crippen LogP contribution in [0.2, 0.25) is 0 Å². The van der Waals surface area contributed by atoms with Crippen molar-refractivity contribution in [2.75, 3.05) is 13.2 Å². The van der Waals surface area contributed by atoms with Crippen LogP contribution in [0.1, 0.15) is 29.9 Å². The molecule has 1 fully saturated rings. The molecule has 0 radical (unpaired) electrons. The zero-order valence-corrected chi connectivity index (χ0v) is 9.78. The Bertz CT molecular complexity index is 393. The highest BCUT2D eigenvalue weighted by Crippen LogP contribution is 2.46. The second-order valence-electron chi connectivity index (χ2n) is 4.25. The zero-order chi connectivity index (χ0) is 10.3. The molecular formula is C12H15ClFNO. The molecule has 2 nitrogen and oxygen atoms in total. The molecule has 16 heavy (non-hydrogen) atoms. The van der Waals surface area contributed by atoms with Crippen LogP contribution in [0.5, 0.6) is 5.75 Å². The standard InChI is InChI=1S/C12H14FNO.ClH/c13-10-4-3-9-7-14-5-6-15-12(9)11(10)8-1-2-8;/h3-4,8,14H,1-2,5-7H2;1H. The maximum absolute atomic E-state index is 13.7. The monoisotopic (exact) mass is 243 g/mol. The summed E-state index contributed by atoms with van der Waals surface area (Å²) in [7, 11) is 0. The lowest BCUT2D eigenvalue weighted by Gasteiger charge is -2.12. The first-order chi connectivity index (χ1) is 7.36. The normalized spacial score (nSPS) is 19.1. The van der Waals surface area contributed by atoms with Crippen molar-refractivity contribution in [3.63, 3.8) is 0 Å². The Morgan fingerprint density at radius 2 is 2.12 bits per heavy atom. The predicted molar refractivity (Wildman–Crippen MR) is 62.8 cm³/mol. The van der Waals surface area contributed by atoms with Crippen LogP contribution in [0.4, 0.5) is 4.39 Å². The number of ether oxygens (including phenoxy) is 1. The molecule has 1 saturated carbocycles. The molecule has 0 aromatic heterocycles. The molecule has 88 valence electrons. The minimum absolute atomic E-state index is 0. The molecule has 0 spiro atoms. The van der Waals surface area contributed by atoms with Crippen LogP contribution in [0.25, 0.3) is 0 Å². The fourth-order valence-electron chi connectivity index (χ4n) is 2.13. The third-order valence-electron chi connectivity index (χ3n) is 3.05. The molecule has 0 atom stereocenters. The molecular weight excluding hydrogens is 229 g/mol. The summed E-state index contributed by atoms with van der Waals surface area (Å²) in [6, 6.07) is 3.40. The smallest absolute Gasteiger partial charge is 0.130 e. The number of halogens is 2. The van der Waals surface area contributed by atoms with Gasteiger partial charge in [0.2, 0.25) is 0 Å². The average molecular weight is 244 g/mol. The lowest BCUT2D eigenvalue weighted by Crippen LogP contribution is -2.16. The number of rotatable bonds is 1. The Labute approximate surface area is 101 Å². The summed E-state index contributed by atoms with van der Waals surface area (Å²) in [6.07, 6.45) is 2.20. The van der Waals surface area contributed by atoms with Gasteiger partial charge in [-0.2, -0.15) is 0 Å². The highest BCUT2D eigenvalue weighted by molar-refractivity contribution is 5.85. The van der Waals surface area contributed by atoms with Crippen molar-refractivity contribution >= 4 is 12.4 Å². The van der Waals surface area contributed by atoms with E-state index in [-0.39, 0.29) is 18.2 Å². The summed E-state index contributed by atoms with van der Waals surface area (Å²) in [5, 5.41) is 3.26. The zero-order valence-electron chi connectivity index (χ0n) is 8.96. The van der Waals surface area contributed by atoms with E-state index in [1.54, 1.807) is 6.07 Å². The number of hydrogen-bond acceptors (Lipinski definition) is 2. The summed E-state index contributed by atoms with van der Waals surface area (Å²) in [5.74, 6) is 1.11. The molecule has 1 aromatic rings. The third kappa shape index (κ3) is 2.02. The largest absolute Gasteiger partial charge is 0.492 e. The fourth-order valence-corrected chi connectivity index (χ4v) is 2.13. The summed E-state index contributed by atoms with van der Waals surface area (Å²) in [6.45, 7) is 2.26. The third-order valence-corrected chi connectivity index (χ3v) is 3.05. The van der Waals surface area contributed by atoms with E-state index in [0.717, 1.165) is 42.8 Å². The molecule has 3 rings (SSSR count). The molecule has 2 aliphatic rings. The number of benzene rings is 1. The van der Waals surface area contributed by atoms with Gasteiger partial charge in [-0.15, -0.1) is 12.4 Å². The topological polar surface area (TPSA) is 21.3 Å². The van der Waals surface area contributed by atoms with Crippen molar-refractivity contribution in [1.82, 2.24) is 5.32 Å². The van der Waals surface area contributed by atoms with Crippen molar-refractivity contribution < 1.29 is 9.13 Å². The quantitative estimate of drug-likeness (QED) is 0.819. The molecule has 1 aliphatic heterocycles.